The lowest BCUT2D eigenvalue weighted by atomic mass is 9.81. The molecule has 0 spiro atoms. The molecule has 138 valence electrons. The van der Waals surface area contributed by atoms with Crippen LogP contribution in [0, 0.1) is 11.3 Å². The SMILES string of the molecule is COc1nc2c(c(=O)n1C)C(c1ccccc1)C(C#N)=C(c1ccccc1)N2. The van der Waals surface area contributed by atoms with Crippen molar-refractivity contribution in [3.8, 4) is 12.1 Å². The molecule has 0 amide bonds. The quantitative estimate of drug-likeness (QED) is 0.765. The lowest BCUT2D eigenvalue weighted by Crippen LogP contribution is -2.31. The zero-order valence-electron chi connectivity index (χ0n) is 15.5. The van der Waals surface area contributed by atoms with Crippen molar-refractivity contribution < 1.29 is 4.74 Å². The summed E-state index contributed by atoms with van der Waals surface area (Å²) < 4.78 is 6.62. The molecule has 0 aliphatic carbocycles. The van der Waals surface area contributed by atoms with Crippen molar-refractivity contribution in [2.45, 2.75) is 5.92 Å². The second-order valence-electron chi connectivity index (χ2n) is 6.46. The molecule has 4 rings (SSSR count). The molecule has 1 aromatic heterocycles. The lowest BCUT2D eigenvalue weighted by molar-refractivity contribution is 0.356. The molecule has 6 nitrogen and oxygen atoms in total. The van der Waals surface area contributed by atoms with Crippen molar-refractivity contribution in [3.63, 3.8) is 0 Å². The van der Waals surface area contributed by atoms with Gasteiger partial charge < -0.3 is 10.1 Å². The van der Waals surface area contributed by atoms with Gasteiger partial charge in [0.25, 0.3) is 5.56 Å². The average Bonchev–Trinajstić information content (AvgIpc) is 2.76. The average molecular weight is 370 g/mol. The van der Waals surface area contributed by atoms with Crippen LogP contribution in [0.3, 0.4) is 0 Å². The van der Waals surface area contributed by atoms with Gasteiger partial charge in [-0.05, 0) is 11.1 Å². The highest BCUT2D eigenvalue weighted by atomic mass is 16.5. The summed E-state index contributed by atoms with van der Waals surface area (Å²) in [6.07, 6.45) is 0. The number of nitriles is 1. The molecule has 1 N–H and O–H groups in total. The number of nitrogens with one attached hydrogen (secondary N) is 1. The summed E-state index contributed by atoms with van der Waals surface area (Å²) in [6, 6.07) is 21.6. The van der Waals surface area contributed by atoms with E-state index in [2.05, 4.69) is 16.4 Å². The smallest absolute Gasteiger partial charge is 0.300 e. The van der Waals surface area contributed by atoms with Crippen molar-refractivity contribution >= 4 is 11.5 Å². The molecule has 0 radical (unpaired) electrons. The Kier molecular flexibility index (Phi) is 4.42. The van der Waals surface area contributed by atoms with E-state index in [4.69, 9.17) is 4.74 Å². The summed E-state index contributed by atoms with van der Waals surface area (Å²) in [5.74, 6) is -0.110. The van der Waals surface area contributed by atoms with Crippen molar-refractivity contribution in [2.75, 3.05) is 12.4 Å². The van der Waals surface area contributed by atoms with Crippen molar-refractivity contribution in [2.24, 2.45) is 7.05 Å². The minimum Gasteiger partial charge on any atom is -0.468 e. The van der Waals surface area contributed by atoms with Gasteiger partial charge in [0.2, 0.25) is 0 Å². The van der Waals surface area contributed by atoms with Gasteiger partial charge in [0.1, 0.15) is 5.82 Å². The molecule has 0 saturated carbocycles. The number of allylic oxidation sites excluding steroid dienone is 1. The fourth-order valence-corrected chi connectivity index (χ4v) is 3.54. The Morgan fingerprint density at radius 3 is 2.36 bits per heavy atom. The van der Waals surface area contributed by atoms with Crippen LogP contribution in [0.4, 0.5) is 5.82 Å². The molecule has 0 fully saturated rings. The van der Waals surface area contributed by atoms with Gasteiger partial charge in [0.15, 0.2) is 0 Å². The number of ether oxygens (including phenoxy) is 1. The molecule has 28 heavy (non-hydrogen) atoms. The minimum absolute atomic E-state index is 0.205. The maximum Gasteiger partial charge on any atom is 0.300 e. The Balaban J connectivity index is 2.06. The molecule has 3 aromatic rings. The summed E-state index contributed by atoms with van der Waals surface area (Å²) in [5.41, 5.74) is 3.03. The molecular formula is C22H18N4O2. The first-order valence-electron chi connectivity index (χ1n) is 8.82. The normalized spacial score (nSPS) is 15.4. The van der Waals surface area contributed by atoms with Gasteiger partial charge in [-0.15, -0.1) is 0 Å². The van der Waals surface area contributed by atoms with Crippen LogP contribution in [0.1, 0.15) is 22.6 Å². The van der Waals surface area contributed by atoms with E-state index in [0.29, 0.717) is 22.7 Å². The van der Waals surface area contributed by atoms with Crippen LogP contribution < -0.4 is 15.6 Å². The Morgan fingerprint density at radius 2 is 1.75 bits per heavy atom. The largest absolute Gasteiger partial charge is 0.468 e. The molecule has 6 heteroatoms. The van der Waals surface area contributed by atoms with Gasteiger partial charge in [-0.1, -0.05) is 60.7 Å². The van der Waals surface area contributed by atoms with Crippen molar-refractivity contribution in [3.05, 3.63) is 93.3 Å². The number of hydrogen-bond acceptors (Lipinski definition) is 5. The Bertz CT molecular complexity index is 1160. The molecule has 2 aromatic carbocycles. The molecule has 0 bridgehead atoms. The predicted molar refractivity (Wildman–Crippen MR) is 107 cm³/mol. The molecule has 1 aliphatic rings. The fraction of sp³-hybridized carbons (Fsp3) is 0.136. The molecule has 2 heterocycles. The van der Waals surface area contributed by atoms with Gasteiger partial charge in [-0.25, -0.2) is 0 Å². The van der Waals surface area contributed by atoms with Crippen LogP contribution >= 0.6 is 0 Å². The van der Waals surface area contributed by atoms with Crippen molar-refractivity contribution in [1.82, 2.24) is 9.55 Å². The summed E-state index contributed by atoms with van der Waals surface area (Å²) in [5, 5.41) is 13.2. The third-order valence-corrected chi connectivity index (χ3v) is 4.87. The third-order valence-electron chi connectivity index (χ3n) is 4.87. The van der Waals surface area contributed by atoms with E-state index in [1.165, 1.54) is 11.7 Å². The van der Waals surface area contributed by atoms with E-state index >= 15 is 0 Å². The maximum atomic E-state index is 13.2. The van der Waals surface area contributed by atoms with Crippen LogP contribution in [0.2, 0.25) is 0 Å². The second-order valence-corrected chi connectivity index (χ2v) is 6.46. The van der Waals surface area contributed by atoms with Gasteiger partial charge in [0, 0.05) is 7.05 Å². The van der Waals surface area contributed by atoms with Crippen LogP contribution in [0.15, 0.2) is 71.0 Å². The number of benzene rings is 2. The Labute approximate surface area is 162 Å². The van der Waals surface area contributed by atoms with E-state index in [1.54, 1.807) is 7.05 Å². The molecule has 0 saturated heterocycles. The monoisotopic (exact) mass is 370 g/mol. The first-order valence-corrected chi connectivity index (χ1v) is 8.82. The van der Waals surface area contributed by atoms with E-state index in [9.17, 15) is 10.1 Å². The van der Waals surface area contributed by atoms with Gasteiger partial charge in [-0.2, -0.15) is 10.2 Å². The predicted octanol–water partition coefficient (Wildman–Crippen LogP) is 3.28. The number of anilines is 1. The topological polar surface area (TPSA) is 79.9 Å². The van der Waals surface area contributed by atoms with Crippen LogP contribution in [-0.2, 0) is 7.05 Å². The number of aromatic nitrogens is 2. The van der Waals surface area contributed by atoms with E-state index in [1.807, 2.05) is 60.7 Å². The van der Waals surface area contributed by atoms with Crippen LogP contribution in [0.5, 0.6) is 6.01 Å². The number of rotatable bonds is 3. The highest BCUT2D eigenvalue weighted by Gasteiger charge is 2.34. The van der Waals surface area contributed by atoms with E-state index < -0.39 is 5.92 Å². The van der Waals surface area contributed by atoms with Crippen molar-refractivity contribution in [1.29, 1.82) is 5.26 Å². The van der Waals surface area contributed by atoms with Gasteiger partial charge in [0.05, 0.1) is 35.9 Å². The summed E-state index contributed by atoms with van der Waals surface area (Å²) in [4.78, 5) is 17.7. The molecule has 1 aliphatic heterocycles. The Morgan fingerprint density at radius 1 is 1.11 bits per heavy atom. The standard InChI is InChI=1S/C22H18N4O2/c1-26-21(27)18-17(14-9-5-3-6-10-14)16(13-23)19(15-11-7-4-8-12-15)24-20(18)25-22(26)28-2/h3-12,17,24H,1-2H3. The summed E-state index contributed by atoms with van der Waals surface area (Å²) in [6.45, 7) is 0. The lowest BCUT2D eigenvalue weighted by Gasteiger charge is -2.28. The Hall–Kier alpha value is -3.85. The van der Waals surface area contributed by atoms with Gasteiger partial charge in [-0.3, -0.25) is 9.36 Å². The number of fused-ring (bicyclic) bond motifs is 1. The molecular weight excluding hydrogens is 352 g/mol. The van der Waals surface area contributed by atoms with Gasteiger partial charge >= 0.3 is 6.01 Å². The summed E-state index contributed by atoms with van der Waals surface area (Å²) in [7, 11) is 3.08. The first kappa shape index (κ1) is 17.6. The number of methoxy groups -OCH3 is 1. The maximum absolute atomic E-state index is 13.2. The first-order chi connectivity index (χ1) is 13.7. The number of nitrogens with zero attached hydrogens (tertiary/aromatic N) is 3. The molecule has 1 unspecified atom stereocenters. The highest BCUT2D eigenvalue weighted by Crippen LogP contribution is 2.42. The summed E-state index contributed by atoms with van der Waals surface area (Å²) >= 11 is 0. The van der Waals surface area contributed by atoms with E-state index in [-0.39, 0.29) is 11.6 Å². The number of hydrogen-bond donors (Lipinski definition) is 1. The minimum atomic E-state index is -0.519. The van der Waals surface area contributed by atoms with E-state index in [0.717, 1.165) is 11.1 Å². The zero-order chi connectivity index (χ0) is 19.7. The van der Waals surface area contributed by atoms with Crippen LogP contribution in [0.25, 0.3) is 5.70 Å². The molecule has 1 atom stereocenters. The fourth-order valence-electron chi connectivity index (χ4n) is 3.54. The highest BCUT2D eigenvalue weighted by molar-refractivity contribution is 5.86. The third kappa shape index (κ3) is 2.74. The van der Waals surface area contributed by atoms with Crippen LogP contribution in [-0.4, -0.2) is 16.7 Å². The zero-order valence-corrected chi connectivity index (χ0v) is 15.5. The second kappa shape index (κ2) is 7.05.